The van der Waals surface area contributed by atoms with Gasteiger partial charge in [0.1, 0.15) is 4.90 Å². The Kier molecular flexibility index (Phi) is 4.21. The van der Waals surface area contributed by atoms with E-state index in [0.717, 1.165) is 0 Å². The van der Waals surface area contributed by atoms with E-state index in [1.165, 1.54) is 24.5 Å². The van der Waals surface area contributed by atoms with E-state index in [1.807, 2.05) is 0 Å². The van der Waals surface area contributed by atoms with Crippen molar-refractivity contribution in [3.05, 3.63) is 45.1 Å². The molecule has 106 valence electrons. The fourth-order valence-corrected chi connectivity index (χ4v) is 4.05. The molecule has 2 aromatic rings. The van der Waals surface area contributed by atoms with Crippen molar-refractivity contribution in [3.8, 4) is 0 Å². The smallest absolute Gasteiger partial charge is 0.337 e. The Morgan fingerprint density at radius 1 is 1.30 bits per heavy atom. The van der Waals surface area contributed by atoms with Gasteiger partial charge in [0.15, 0.2) is 0 Å². The minimum atomic E-state index is -3.85. The summed E-state index contributed by atoms with van der Waals surface area (Å²) in [5.74, 6) is -1.24. The third kappa shape index (κ3) is 3.05. The van der Waals surface area contributed by atoms with Gasteiger partial charge in [-0.1, -0.05) is 15.9 Å². The summed E-state index contributed by atoms with van der Waals surface area (Å²) in [6.45, 7) is 0. The molecule has 9 heteroatoms. The van der Waals surface area contributed by atoms with Crippen LogP contribution in [0.3, 0.4) is 0 Å². The fourth-order valence-electron chi connectivity index (χ4n) is 1.52. The lowest BCUT2D eigenvalue weighted by atomic mass is 10.2. The number of aromatic amines is 1. The van der Waals surface area contributed by atoms with Crippen LogP contribution in [0.2, 0.25) is 0 Å². The van der Waals surface area contributed by atoms with Gasteiger partial charge in [-0.05, 0) is 34.1 Å². The van der Waals surface area contributed by atoms with E-state index < -0.39 is 16.0 Å². The third-order valence-corrected chi connectivity index (χ3v) is 4.83. The average molecular weight is 424 g/mol. The van der Waals surface area contributed by atoms with Crippen molar-refractivity contribution in [3.63, 3.8) is 0 Å². The predicted molar refractivity (Wildman–Crippen MR) is 80.4 cm³/mol. The van der Waals surface area contributed by atoms with E-state index in [0.29, 0.717) is 8.95 Å². The van der Waals surface area contributed by atoms with E-state index in [4.69, 9.17) is 5.11 Å². The second-order valence-corrected chi connectivity index (χ2v) is 7.22. The average Bonchev–Trinajstić information content (AvgIpc) is 2.86. The summed E-state index contributed by atoms with van der Waals surface area (Å²) in [7, 11) is -3.85. The summed E-state index contributed by atoms with van der Waals surface area (Å²) < 4.78 is 27.3. The lowest BCUT2D eigenvalue weighted by Crippen LogP contribution is -2.15. The number of nitrogens with one attached hydrogen (secondary N) is 2. The predicted octanol–water partition coefficient (Wildman–Crippen LogP) is 3.04. The van der Waals surface area contributed by atoms with Crippen LogP contribution >= 0.6 is 31.9 Å². The van der Waals surface area contributed by atoms with E-state index >= 15 is 0 Å². The highest BCUT2D eigenvalue weighted by molar-refractivity contribution is 9.11. The number of sulfonamides is 1. The van der Waals surface area contributed by atoms with Crippen molar-refractivity contribution in [1.29, 1.82) is 0 Å². The molecule has 0 bridgehead atoms. The maximum absolute atomic E-state index is 12.1. The van der Waals surface area contributed by atoms with Gasteiger partial charge in [0.25, 0.3) is 10.0 Å². The standard InChI is InChI=1S/C11H8Br2N2O4S/c12-6-3-8(11(16)17)10(9(13)4-6)15-20(18,19)7-1-2-14-5-7/h1-5,14-15H,(H,16,17). The van der Waals surface area contributed by atoms with Crippen molar-refractivity contribution in [2.24, 2.45) is 0 Å². The van der Waals surface area contributed by atoms with Crippen LogP contribution < -0.4 is 4.72 Å². The first kappa shape index (κ1) is 15.1. The SMILES string of the molecule is O=C(O)c1cc(Br)cc(Br)c1NS(=O)(=O)c1cc[nH]c1. The summed E-state index contributed by atoms with van der Waals surface area (Å²) >= 11 is 6.31. The third-order valence-electron chi connectivity index (χ3n) is 2.40. The fraction of sp³-hybridized carbons (Fsp3) is 0. The van der Waals surface area contributed by atoms with E-state index in [9.17, 15) is 13.2 Å². The Morgan fingerprint density at radius 3 is 2.55 bits per heavy atom. The van der Waals surface area contributed by atoms with E-state index in [2.05, 4.69) is 41.6 Å². The summed E-state index contributed by atoms with van der Waals surface area (Å²) in [5, 5.41) is 9.16. The van der Waals surface area contributed by atoms with Crippen LogP contribution in [0.15, 0.2) is 44.4 Å². The second-order valence-electron chi connectivity index (χ2n) is 3.77. The number of anilines is 1. The molecular weight excluding hydrogens is 416 g/mol. The lowest BCUT2D eigenvalue weighted by molar-refractivity contribution is 0.0698. The molecule has 1 aromatic heterocycles. The highest BCUT2D eigenvalue weighted by Crippen LogP contribution is 2.32. The lowest BCUT2D eigenvalue weighted by Gasteiger charge is -2.12. The molecule has 0 fully saturated rings. The molecule has 0 aliphatic carbocycles. The number of hydrogen-bond donors (Lipinski definition) is 3. The molecule has 0 radical (unpaired) electrons. The quantitative estimate of drug-likeness (QED) is 0.703. The molecule has 1 aromatic carbocycles. The molecule has 2 rings (SSSR count). The molecule has 6 nitrogen and oxygen atoms in total. The monoisotopic (exact) mass is 422 g/mol. The number of carboxylic acids is 1. The van der Waals surface area contributed by atoms with Crippen LogP contribution in [0.1, 0.15) is 10.4 Å². The minimum absolute atomic E-state index is 0.0173. The Morgan fingerprint density at radius 2 is 2.00 bits per heavy atom. The van der Waals surface area contributed by atoms with Crippen molar-refractivity contribution in [2.45, 2.75) is 4.90 Å². The van der Waals surface area contributed by atoms with Gasteiger partial charge in [0.05, 0.1) is 11.3 Å². The molecular formula is C11H8Br2N2O4S. The number of aromatic nitrogens is 1. The van der Waals surface area contributed by atoms with Gasteiger partial charge in [-0.2, -0.15) is 0 Å². The molecule has 0 aliphatic heterocycles. The molecule has 0 spiro atoms. The number of H-pyrrole nitrogens is 1. The molecule has 0 saturated carbocycles. The van der Waals surface area contributed by atoms with Crippen LogP contribution in [0.25, 0.3) is 0 Å². The van der Waals surface area contributed by atoms with Gasteiger partial charge in [0, 0.05) is 21.3 Å². The van der Waals surface area contributed by atoms with Crippen LogP contribution in [0.4, 0.5) is 5.69 Å². The Hall–Kier alpha value is -1.32. The van der Waals surface area contributed by atoms with E-state index in [-0.39, 0.29) is 16.1 Å². The molecule has 20 heavy (non-hydrogen) atoms. The molecule has 0 saturated heterocycles. The number of carbonyl (C=O) groups is 1. The van der Waals surface area contributed by atoms with Crippen molar-refractivity contribution in [2.75, 3.05) is 4.72 Å². The van der Waals surface area contributed by atoms with E-state index in [1.54, 1.807) is 6.07 Å². The highest BCUT2D eigenvalue weighted by atomic mass is 79.9. The minimum Gasteiger partial charge on any atom is -0.478 e. The van der Waals surface area contributed by atoms with Crippen LogP contribution in [-0.4, -0.2) is 24.5 Å². The number of benzene rings is 1. The number of hydrogen-bond acceptors (Lipinski definition) is 3. The number of rotatable bonds is 4. The van der Waals surface area contributed by atoms with Crippen LogP contribution in [0.5, 0.6) is 0 Å². The van der Waals surface area contributed by atoms with Crippen molar-refractivity contribution in [1.82, 2.24) is 4.98 Å². The molecule has 0 amide bonds. The van der Waals surface area contributed by atoms with Crippen LogP contribution in [0, 0.1) is 0 Å². The summed E-state index contributed by atoms with van der Waals surface area (Å²) in [6.07, 6.45) is 2.76. The normalized spacial score (nSPS) is 11.3. The Bertz CT molecular complexity index is 757. The first-order valence-corrected chi connectivity index (χ1v) is 8.26. The van der Waals surface area contributed by atoms with Crippen LogP contribution in [-0.2, 0) is 10.0 Å². The summed E-state index contributed by atoms with van der Waals surface area (Å²) in [4.78, 5) is 13.9. The largest absolute Gasteiger partial charge is 0.478 e. The molecule has 0 aliphatic rings. The van der Waals surface area contributed by atoms with Crippen molar-refractivity contribution < 1.29 is 18.3 Å². The number of aromatic carboxylic acids is 1. The van der Waals surface area contributed by atoms with Gasteiger partial charge in [-0.25, -0.2) is 13.2 Å². The summed E-state index contributed by atoms with van der Waals surface area (Å²) in [5.41, 5.74) is -0.188. The Balaban J connectivity index is 2.52. The topological polar surface area (TPSA) is 99.3 Å². The number of halogens is 2. The number of carboxylic acid groups (broad SMARTS) is 1. The van der Waals surface area contributed by atoms with Crippen molar-refractivity contribution >= 4 is 53.5 Å². The first-order valence-electron chi connectivity index (χ1n) is 5.19. The molecule has 3 N–H and O–H groups in total. The molecule has 0 atom stereocenters. The molecule has 0 unspecified atom stereocenters. The maximum atomic E-state index is 12.1. The second kappa shape index (κ2) is 5.58. The maximum Gasteiger partial charge on any atom is 0.337 e. The molecule has 1 heterocycles. The Labute approximate surface area is 131 Å². The van der Waals surface area contributed by atoms with Gasteiger partial charge < -0.3 is 10.1 Å². The first-order chi connectivity index (χ1) is 9.31. The van der Waals surface area contributed by atoms with Gasteiger partial charge >= 0.3 is 5.97 Å². The zero-order chi connectivity index (χ0) is 14.9. The summed E-state index contributed by atoms with van der Waals surface area (Å²) in [6, 6.07) is 4.25. The van der Waals surface area contributed by atoms with Gasteiger partial charge in [-0.3, -0.25) is 4.72 Å². The zero-order valence-electron chi connectivity index (χ0n) is 9.72. The highest BCUT2D eigenvalue weighted by Gasteiger charge is 2.21. The zero-order valence-corrected chi connectivity index (χ0v) is 13.7. The van der Waals surface area contributed by atoms with Gasteiger partial charge in [0.2, 0.25) is 0 Å². The van der Waals surface area contributed by atoms with Gasteiger partial charge in [-0.15, -0.1) is 0 Å².